The highest BCUT2D eigenvalue weighted by atomic mass is 79.9. The minimum absolute atomic E-state index is 0.0247. The molecule has 0 aliphatic rings. The Bertz CT molecular complexity index is 567. The molecule has 0 atom stereocenters. The van der Waals surface area contributed by atoms with Crippen LogP contribution >= 0.6 is 15.9 Å². The molecule has 0 bridgehead atoms. The first-order valence-corrected chi connectivity index (χ1v) is 6.61. The zero-order valence-corrected chi connectivity index (χ0v) is 11.8. The molecule has 0 radical (unpaired) electrons. The first-order chi connectivity index (χ1) is 9.15. The lowest BCUT2D eigenvalue weighted by atomic mass is 10.1. The number of hydrogen-bond acceptors (Lipinski definition) is 2. The molecule has 0 aliphatic carbocycles. The molecule has 4 heteroatoms. The van der Waals surface area contributed by atoms with Gasteiger partial charge in [-0.1, -0.05) is 46.3 Å². The van der Waals surface area contributed by atoms with E-state index in [2.05, 4.69) is 15.9 Å². The van der Waals surface area contributed by atoms with Gasteiger partial charge in [0.15, 0.2) is 0 Å². The lowest BCUT2D eigenvalue weighted by Crippen LogP contribution is -2.02. The van der Waals surface area contributed by atoms with Crippen LogP contribution in [0, 0.1) is 0 Å². The van der Waals surface area contributed by atoms with E-state index < -0.39 is 5.97 Å². The Kier molecular flexibility index (Phi) is 4.58. The van der Waals surface area contributed by atoms with E-state index in [0.717, 1.165) is 10.0 Å². The standard InChI is InChI=1S/C15H13BrO3/c16-14-7-6-13(8-12(14)9-15(17)18)19-10-11-4-2-1-3-5-11/h1-8H,9-10H2,(H,17,18). The second kappa shape index (κ2) is 6.38. The summed E-state index contributed by atoms with van der Waals surface area (Å²) in [6, 6.07) is 15.2. The molecule has 2 aromatic carbocycles. The maximum absolute atomic E-state index is 10.7. The molecular formula is C15H13BrO3. The summed E-state index contributed by atoms with van der Waals surface area (Å²) in [5, 5.41) is 8.83. The molecule has 0 amide bonds. The highest BCUT2D eigenvalue weighted by Crippen LogP contribution is 2.23. The first kappa shape index (κ1) is 13.6. The van der Waals surface area contributed by atoms with Gasteiger partial charge in [0.25, 0.3) is 0 Å². The topological polar surface area (TPSA) is 46.5 Å². The van der Waals surface area contributed by atoms with E-state index in [1.165, 1.54) is 0 Å². The Morgan fingerprint density at radius 3 is 2.58 bits per heavy atom. The minimum Gasteiger partial charge on any atom is -0.489 e. The van der Waals surface area contributed by atoms with E-state index in [1.807, 2.05) is 36.4 Å². The molecule has 98 valence electrons. The fourth-order valence-electron chi connectivity index (χ4n) is 1.68. The predicted molar refractivity (Wildman–Crippen MR) is 76.3 cm³/mol. The van der Waals surface area contributed by atoms with Gasteiger partial charge >= 0.3 is 5.97 Å². The Balaban J connectivity index is 2.06. The summed E-state index contributed by atoms with van der Waals surface area (Å²) in [5.41, 5.74) is 1.78. The van der Waals surface area contributed by atoms with Crippen molar-refractivity contribution in [1.82, 2.24) is 0 Å². The molecule has 0 aliphatic heterocycles. The van der Waals surface area contributed by atoms with Crippen LogP contribution in [-0.4, -0.2) is 11.1 Å². The van der Waals surface area contributed by atoms with Crippen LogP contribution in [0.4, 0.5) is 0 Å². The van der Waals surface area contributed by atoms with E-state index in [4.69, 9.17) is 9.84 Å². The molecular weight excluding hydrogens is 308 g/mol. The second-order valence-electron chi connectivity index (χ2n) is 4.10. The largest absolute Gasteiger partial charge is 0.489 e. The smallest absolute Gasteiger partial charge is 0.307 e. The van der Waals surface area contributed by atoms with Gasteiger partial charge in [-0.15, -0.1) is 0 Å². The third-order valence-electron chi connectivity index (χ3n) is 2.61. The molecule has 0 saturated heterocycles. The maximum Gasteiger partial charge on any atom is 0.307 e. The van der Waals surface area contributed by atoms with Crippen molar-refractivity contribution in [2.45, 2.75) is 13.0 Å². The van der Waals surface area contributed by atoms with Crippen LogP contribution in [0.2, 0.25) is 0 Å². The molecule has 0 unspecified atom stereocenters. The van der Waals surface area contributed by atoms with E-state index in [-0.39, 0.29) is 6.42 Å². The molecule has 0 heterocycles. The van der Waals surface area contributed by atoms with Gasteiger partial charge in [-0.05, 0) is 29.3 Å². The first-order valence-electron chi connectivity index (χ1n) is 5.82. The third-order valence-corrected chi connectivity index (χ3v) is 3.38. The van der Waals surface area contributed by atoms with Crippen molar-refractivity contribution >= 4 is 21.9 Å². The van der Waals surface area contributed by atoms with Crippen LogP contribution in [0.15, 0.2) is 53.0 Å². The molecule has 0 aromatic heterocycles. The summed E-state index contributed by atoms with van der Waals surface area (Å²) in [7, 11) is 0. The summed E-state index contributed by atoms with van der Waals surface area (Å²) in [6.07, 6.45) is -0.0247. The normalized spacial score (nSPS) is 10.2. The monoisotopic (exact) mass is 320 g/mol. The van der Waals surface area contributed by atoms with Crippen molar-refractivity contribution < 1.29 is 14.6 Å². The van der Waals surface area contributed by atoms with Crippen molar-refractivity contribution in [2.24, 2.45) is 0 Å². The van der Waals surface area contributed by atoms with Gasteiger partial charge in [0.05, 0.1) is 6.42 Å². The molecule has 3 nitrogen and oxygen atoms in total. The highest BCUT2D eigenvalue weighted by molar-refractivity contribution is 9.10. The van der Waals surface area contributed by atoms with Gasteiger partial charge in [0.1, 0.15) is 12.4 Å². The van der Waals surface area contributed by atoms with Gasteiger partial charge in [0, 0.05) is 4.47 Å². The molecule has 0 fully saturated rings. The van der Waals surface area contributed by atoms with Crippen LogP contribution < -0.4 is 4.74 Å². The number of benzene rings is 2. The van der Waals surface area contributed by atoms with Crippen LogP contribution in [-0.2, 0) is 17.8 Å². The lowest BCUT2D eigenvalue weighted by Gasteiger charge is -2.09. The van der Waals surface area contributed by atoms with Crippen LogP contribution in [0.25, 0.3) is 0 Å². The van der Waals surface area contributed by atoms with Gasteiger partial charge in [-0.25, -0.2) is 0 Å². The summed E-state index contributed by atoms with van der Waals surface area (Å²) in [4.78, 5) is 10.7. The number of carbonyl (C=O) groups is 1. The Labute approximate surface area is 120 Å². The van der Waals surface area contributed by atoms with Crippen LogP contribution in [0.1, 0.15) is 11.1 Å². The lowest BCUT2D eigenvalue weighted by molar-refractivity contribution is -0.136. The average Bonchev–Trinajstić information content (AvgIpc) is 2.40. The number of aliphatic carboxylic acids is 1. The molecule has 1 N–H and O–H groups in total. The van der Waals surface area contributed by atoms with E-state index in [0.29, 0.717) is 17.9 Å². The van der Waals surface area contributed by atoms with E-state index in [9.17, 15) is 4.79 Å². The van der Waals surface area contributed by atoms with Crippen LogP contribution in [0.5, 0.6) is 5.75 Å². The van der Waals surface area contributed by atoms with E-state index in [1.54, 1.807) is 12.1 Å². The predicted octanol–water partition coefficient (Wildman–Crippen LogP) is 3.66. The number of rotatable bonds is 5. The quantitative estimate of drug-likeness (QED) is 0.914. The minimum atomic E-state index is -0.860. The maximum atomic E-state index is 10.7. The molecule has 2 rings (SSSR count). The van der Waals surface area contributed by atoms with Crippen molar-refractivity contribution in [3.8, 4) is 5.75 Å². The van der Waals surface area contributed by atoms with Crippen molar-refractivity contribution in [2.75, 3.05) is 0 Å². The van der Waals surface area contributed by atoms with Gasteiger partial charge < -0.3 is 9.84 Å². The molecule has 0 saturated carbocycles. The SMILES string of the molecule is O=C(O)Cc1cc(OCc2ccccc2)ccc1Br. The summed E-state index contributed by atoms with van der Waals surface area (Å²) in [6.45, 7) is 0.467. The number of ether oxygens (including phenoxy) is 1. The fourth-order valence-corrected chi connectivity index (χ4v) is 2.07. The number of carboxylic acid groups (broad SMARTS) is 1. The number of carboxylic acids is 1. The van der Waals surface area contributed by atoms with Gasteiger partial charge in [-0.2, -0.15) is 0 Å². The average molecular weight is 321 g/mol. The van der Waals surface area contributed by atoms with Gasteiger partial charge in [-0.3, -0.25) is 4.79 Å². The Hall–Kier alpha value is -1.81. The summed E-state index contributed by atoms with van der Waals surface area (Å²) < 4.78 is 6.44. The van der Waals surface area contributed by atoms with Crippen LogP contribution in [0.3, 0.4) is 0 Å². The van der Waals surface area contributed by atoms with Crippen molar-refractivity contribution in [1.29, 1.82) is 0 Å². The van der Waals surface area contributed by atoms with Gasteiger partial charge in [0.2, 0.25) is 0 Å². The second-order valence-corrected chi connectivity index (χ2v) is 4.95. The van der Waals surface area contributed by atoms with Crippen molar-refractivity contribution in [3.63, 3.8) is 0 Å². The molecule has 0 spiro atoms. The van der Waals surface area contributed by atoms with Crippen molar-refractivity contribution in [3.05, 3.63) is 64.1 Å². The zero-order valence-electron chi connectivity index (χ0n) is 10.2. The zero-order chi connectivity index (χ0) is 13.7. The molecule has 19 heavy (non-hydrogen) atoms. The Morgan fingerprint density at radius 2 is 1.89 bits per heavy atom. The number of halogens is 1. The Morgan fingerprint density at radius 1 is 1.16 bits per heavy atom. The number of hydrogen-bond donors (Lipinski definition) is 1. The summed E-state index contributed by atoms with van der Waals surface area (Å²) >= 11 is 3.34. The third kappa shape index (κ3) is 4.10. The fraction of sp³-hybridized carbons (Fsp3) is 0.133. The van der Waals surface area contributed by atoms with E-state index >= 15 is 0 Å². The molecule has 2 aromatic rings. The highest BCUT2D eigenvalue weighted by Gasteiger charge is 2.07. The summed E-state index contributed by atoms with van der Waals surface area (Å²) in [5.74, 6) is -0.191.